The molecular formula is C17H24N4O3S2. The molecule has 0 atom stereocenters. The van der Waals surface area contributed by atoms with Gasteiger partial charge in [0.05, 0.1) is 18.4 Å². The van der Waals surface area contributed by atoms with Crippen molar-refractivity contribution in [1.82, 2.24) is 14.8 Å². The number of aromatic nitrogens is 3. The molecule has 142 valence electrons. The van der Waals surface area contributed by atoms with Gasteiger partial charge < -0.3 is 14.6 Å². The Bertz CT molecular complexity index is 811. The maximum atomic E-state index is 12.4. The lowest BCUT2D eigenvalue weighted by Crippen LogP contribution is -2.16. The molecule has 1 amide bonds. The van der Waals surface area contributed by atoms with Gasteiger partial charge in [-0.3, -0.25) is 4.79 Å². The average molecular weight is 397 g/mol. The summed E-state index contributed by atoms with van der Waals surface area (Å²) in [5.41, 5.74) is 1.25. The molecule has 0 aliphatic rings. The molecule has 0 saturated heterocycles. The highest BCUT2D eigenvalue weighted by Gasteiger charge is 2.22. The number of hydrogen-bond acceptors (Lipinski definition) is 7. The number of carbonyl (C=O) groups excluding carboxylic acids is 2. The topological polar surface area (TPSA) is 86.1 Å². The van der Waals surface area contributed by atoms with Crippen LogP contribution in [0.3, 0.4) is 0 Å². The fraction of sp³-hybridized carbons (Fsp3) is 0.529. The summed E-state index contributed by atoms with van der Waals surface area (Å²) in [5.74, 6) is 0.450. The molecule has 2 aromatic rings. The minimum absolute atomic E-state index is 0.186. The molecule has 0 aliphatic carbocycles. The molecule has 0 bridgehead atoms. The van der Waals surface area contributed by atoms with E-state index in [1.807, 2.05) is 25.3 Å². The molecule has 0 saturated carbocycles. The second-order valence-corrected chi connectivity index (χ2v) is 8.20. The molecule has 2 rings (SSSR count). The summed E-state index contributed by atoms with van der Waals surface area (Å²) >= 11 is 2.71. The van der Waals surface area contributed by atoms with Crippen molar-refractivity contribution in [2.24, 2.45) is 0 Å². The number of rotatable bonds is 7. The van der Waals surface area contributed by atoms with Crippen LogP contribution in [0.25, 0.3) is 0 Å². The van der Waals surface area contributed by atoms with Crippen molar-refractivity contribution in [1.29, 1.82) is 0 Å². The molecule has 2 heterocycles. The standard InChI is InChI=1S/C17H24N4O3S2/c1-7-12-19-20-17(21(12)9(2)3)25-8-13(22)18-15-14(16(23)24-6)10(4)11(5)26-15/h9H,7-8H2,1-6H3,(H,18,22). The van der Waals surface area contributed by atoms with Gasteiger partial charge in [-0.2, -0.15) is 0 Å². The van der Waals surface area contributed by atoms with E-state index in [1.165, 1.54) is 30.2 Å². The maximum Gasteiger partial charge on any atom is 0.341 e. The van der Waals surface area contributed by atoms with Gasteiger partial charge in [0, 0.05) is 17.3 Å². The highest BCUT2D eigenvalue weighted by Crippen LogP contribution is 2.33. The van der Waals surface area contributed by atoms with Gasteiger partial charge in [-0.1, -0.05) is 18.7 Å². The lowest BCUT2D eigenvalue weighted by atomic mass is 10.1. The van der Waals surface area contributed by atoms with Crippen molar-refractivity contribution >= 4 is 40.0 Å². The van der Waals surface area contributed by atoms with Crippen LogP contribution in [-0.4, -0.2) is 39.5 Å². The molecule has 0 unspecified atom stereocenters. The number of thiophene rings is 1. The summed E-state index contributed by atoms with van der Waals surface area (Å²) in [6, 6.07) is 0.221. The van der Waals surface area contributed by atoms with Crippen molar-refractivity contribution in [3.63, 3.8) is 0 Å². The number of methoxy groups -OCH3 is 1. The Balaban J connectivity index is 2.10. The summed E-state index contributed by atoms with van der Waals surface area (Å²) in [6.45, 7) is 9.91. The Morgan fingerprint density at radius 3 is 2.58 bits per heavy atom. The zero-order valence-electron chi connectivity index (χ0n) is 15.9. The zero-order chi connectivity index (χ0) is 19.4. The zero-order valence-corrected chi connectivity index (χ0v) is 17.5. The van der Waals surface area contributed by atoms with Gasteiger partial charge in [0.25, 0.3) is 0 Å². The van der Waals surface area contributed by atoms with E-state index in [1.54, 1.807) is 0 Å². The Hall–Kier alpha value is -1.87. The van der Waals surface area contributed by atoms with Crippen LogP contribution >= 0.6 is 23.1 Å². The van der Waals surface area contributed by atoms with Crippen molar-refractivity contribution < 1.29 is 14.3 Å². The van der Waals surface area contributed by atoms with E-state index < -0.39 is 5.97 Å². The second-order valence-electron chi connectivity index (χ2n) is 6.03. The predicted octanol–water partition coefficient (Wildman–Crippen LogP) is 3.62. The van der Waals surface area contributed by atoms with Crippen LogP contribution in [0.15, 0.2) is 5.16 Å². The molecule has 0 aromatic carbocycles. The van der Waals surface area contributed by atoms with E-state index in [4.69, 9.17) is 4.74 Å². The normalized spacial score (nSPS) is 11.0. The van der Waals surface area contributed by atoms with E-state index in [0.717, 1.165) is 27.8 Å². The van der Waals surface area contributed by atoms with Crippen LogP contribution in [0.2, 0.25) is 0 Å². The summed E-state index contributed by atoms with van der Waals surface area (Å²) < 4.78 is 6.87. The van der Waals surface area contributed by atoms with E-state index in [-0.39, 0.29) is 17.7 Å². The summed E-state index contributed by atoms with van der Waals surface area (Å²) in [4.78, 5) is 25.4. The fourth-order valence-electron chi connectivity index (χ4n) is 2.52. The maximum absolute atomic E-state index is 12.4. The number of hydrogen-bond donors (Lipinski definition) is 1. The van der Waals surface area contributed by atoms with Crippen molar-refractivity contribution in [3.05, 3.63) is 21.8 Å². The number of nitrogens with one attached hydrogen (secondary N) is 1. The smallest absolute Gasteiger partial charge is 0.341 e. The summed E-state index contributed by atoms with van der Waals surface area (Å²) in [5, 5.41) is 12.4. The number of carbonyl (C=O) groups is 2. The van der Waals surface area contributed by atoms with E-state index >= 15 is 0 Å². The molecule has 0 fully saturated rings. The van der Waals surface area contributed by atoms with E-state index in [2.05, 4.69) is 29.4 Å². The van der Waals surface area contributed by atoms with Crippen molar-refractivity contribution in [3.8, 4) is 0 Å². The molecule has 0 aliphatic heterocycles. The molecule has 0 radical (unpaired) electrons. The van der Waals surface area contributed by atoms with Crippen molar-refractivity contribution in [2.75, 3.05) is 18.2 Å². The van der Waals surface area contributed by atoms with Crippen molar-refractivity contribution in [2.45, 2.75) is 52.2 Å². The van der Waals surface area contributed by atoms with Gasteiger partial charge >= 0.3 is 5.97 Å². The number of aryl methyl sites for hydroxylation is 2. The van der Waals surface area contributed by atoms with E-state index in [0.29, 0.717) is 10.6 Å². The Kier molecular flexibility index (Phi) is 6.82. The minimum atomic E-state index is -0.443. The molecule has 2 aromatic heterocycles. The van der Waals surface area contributed by atoms with E-state index in [9.17, 15) is 9.59 Å². The van der Waals surface area contributed by atoms with Crippen LogP contribution in [0, 0.1) is 13.8 Å². The number of esters is 1. The minimum Gasteiger partial charge on any atom is -0.465 e. The fourth-order valence-corrected chi connectivity index (χ4v) is 4.47. The first kappa shape index (κ1) is 20.4. The summed E-state index contributed by atoms with van der Waals surface area (Å²) in [7, 11) is 1.33. The summed E-state index contributed by atoms with van der Waals surface area (Å²) in [6.07, 6.45) is 0.786. The highest BCUT2D eigenvalue weighted by molar-refractivity contribution is 7.99. The highest BCUT2D eigenvalue weighted by atomic mass is 32.2. The number of ether oxygens (including phenoxy) is 1. The number of amides is 1. The quantitative estimate of drug-likeness (QED) is 0.568. The third kappa shape index (κ3) is 4.27. The largest absolute Gasteiger partial charge is 0.465 e. The molecule has 1 N–H and O–H groups in total. The van der Waals surface area contributed by atoms with Gasteiger partial charge in [-0.15, -0.1) is 21.5 Å². The number of nitrogens with zero attached hydrogens (tertiary/aromatic N) is 3. The Morgan fingerprint density at radius 2 is 2.00 bits per heavy atom. The number of thioether (sulfide) groups is 1. The first-order valence-electron chi connectivity index (χ1n) is 8.34. The lowest BCUT2D eigenvalue weighted by molar-refractivity contribution is -0.113. The van der Waals surface area contributed by atoms with Gasteiger partial charge in [0.15, 0.2) is 5.16 Å². The first-order chi connectivity index (χ1) is 12.3. The van der Waals surface area contributed by atoms with Gasteiger partial charge in [0.2, 0.25) is 5.91 Å². The Morgan fingerprint density at radius 1 is 1.31 bits per heavy atom. The molecule has 26 heavy (non-hydrogen) atoms. The van der Waals surface area contributed by atoms with Crippen LogP contribution in [0.5, 0.6) is 0 Å². The Labute approximate surface area is 161 Å². The monoisotopic (exact) mass is 396 g/mol. The first-order valence-corrected chi connectivity index (χ1v) is 10.1. The molecule has 9 heteroatoms. The van der Waals surface area contributed by atoms with Gasteiger partial charge in [0.1, 0.15) is 10.8 Å². The van der Waals surface area contributed by atoms with Crippen LogP contribution in [0.1, 0.15) is 53.4 Å². The lowest BCUT2D eigenvalue weighted by Gasteiger charge is -2.12. The van der Waals surface area contributed by atoms with Gasteiger partial charge in [-0.25, -0.2) is 4.79 Å². The number of anilines is 1. The third-order valence-electron chi connectivity index (χ3n) is 3.93. The van der Waals surface area contributed by atoms with Crippen LogP contribution < -0.4 is 5.32 Å². The molecule has 7 nitrogen and oxygen atoms in total. The average Bonchev–Trinajstić information content (AvgIpc) is 3.13. The van der Waals surface area contributed by atoms with Crippen LogP contribution in [0.4, 0.5) is 5.00 Å². The molecule has 0 spiro atoms. The van der Waals surface area contributed by atoms with Gasteiger partial charge in [-0.05, 0) is 33.3 Å². The molecular weight excluding hydrogens is 372 g/mol. The van der Waals surface area contributed by atoms with Crippen LogP contribution in [-0.2, 0) is 16.0 Å². The third-order valence-corrected chi connectivity index (χ3v) is 5.99. The predicted molar refractivity (Wildman–Crippen MR) is 104 cm³/mol. The second kappa shape index (κ2) is 8.68. The SMILES string of the molecule is CCc1nnc(SCC(=O)Nc2sc(C)c(C)c2C(=O)OC)n1C(C)C.